The van der Waals surface area contributed by atoms with Gasteiger partial charge in [0, 0.05) is 12.8 Å². The average Bonchev–Trinajstić information content (AvgIpc) is 3.42. The summed E-state index contributed by atoms with van der Waals surface area (Å²) in [5.74, 6) is -0.678. The Morgan fingerprint density at radius 2 is 0.539 bits per heavy atom. The van der Waals surface area contributed by atoms with Gasteiger partial charge < -0.3 is 14.6 Å². The summed E-state index contributed by atoms with van der Waals surface area (Å²) in [6.07, 6.45) is 103. The Bertz CT molecular complexity index is 1800. The van der Waals surface area contributed by atoms with Crippen molar-refractivity contribution in [3.63, 3.8) is 0 Å². The molecule has 0 aromatic carbocycles. The lowest BCUT2D eigenvalue weighted by Gasteiger charge is -2.15. The highest BCUT2D eigenvalue weighted by Gasteiger charge is 2.16. The highest BCUT2D eigenvalue weighted by molar-refractivity contribution is 5.70. The molecule has 422 valence electrons. The van der Waals surface area contributed by atoms with Crippen molar-refractivity contribution in [1.29, 1.82) is 0 Å². The number of allylic oxidation sites excluding steroid dienone is 32. The van der Waals surface area contributed by atoms with Gasteiger partial charge in [-0.1, -0.05) is 266 Å². The molecule has 0 rings (SSSR count). The van der Waals surface area contributed by atoms with E-state index in [4.69, 9.17) is 9.47 Å². The molecule has 0 fully saturated rings. The van der Waals surface area contributed by atoms with Gasteiger partial charge in [-0.2, -0.15) is 0 Å². The molecular weight excluding hydrogens is 933 g/mol. The van der Waals surface area contributed by atoms with Crippen molar-refractivity contribution >= 4 is 11.9 Å². The zero-order chi connectivity index (χ0) is 54.8. The summed E-state index contributed by atoms with van der Waals surface area (Å²) >= 11 is 0. The van der Waals surface area contributed by atoms with E-state index in [1.807, 2.05) is 0 Å². The van der Waals surface area contributed by atoms with Crippen molar-refractivity contribution in [2.45, 2.75) is 225 Å². The number of carbonyl (C=O) groups is 2. The average molecular weight is 1040 g/mol. The predicted octanol–water partition coefficient (Wildman–Crippen LogP) is 20.9. The molecule has 0 bridgehead atoms. The Labute approximate surface area is 467 Å². The van der Waals surface area contributed by atoms with Crippen molar-refractivity contribution in [2.75, 3.05) is 13.2 Å². The first-order chi connectivity index (χ1) is 37.6. The van der Waals surface area contributed by atoms with Crippen LogP contribution in [0.4, 0.5) is 0 Å². The highest BCUT2D eigenvalue weighted by Crippen LogP contribution is 2.14. The maximum atomic E-state index is 12.3. The van der Waals surface area contributed by atoms with Crippen molar-refractivity contribution in [2.24, 2.45) is 0 Å². The first kappa shape index (κ1) is 70.7. The molecule has 0 aliphatic carbocycles. The number of hydrogen-bond acceptors (Lipinski definition) is 5. The van der Waals surface area contributed by atoms with E-state index < -0.39 is 6.10 Å². The fourth-order valence-corrected chi connectivity index (χ4v) is 7.48. The standard InChI is InChI=1S/C71H108O5/c1-3-5-7-9-11-13-15-17-19-21-23-25-27-28-29-30-31-32-33-34-35-36-37-38-39-40-41-42-44-46-48-50-52-54-56-58-60-62-64-66-71(74)76-69(67-72)68-75-70(73)65-63-61-59-57-55-53-51-49-47-45-43-26-24-22-20-18-16-14-12-10-8-6-4-2/h5-8,11-14,17-20,23-26,28-29,31-32,34-35,37-38,40-41,45,47,51,53,57,59,69,72H,3-4,9-10,15-16,21-22,27,30,33,36,39,42-44,46,48-50,52,54-56,58,60-68H2,1-2H3/b7-5-,8-6-,13-11-,14-12-,19-17-,20-18-,25-23-,26-24-,29-28-,32-31-,35-34-,38-37-,41-40-,47-45-,53-51-,59-57-. The summed E-state index contributed by atoms with van der Waals surface area (Å²) < 4.78 is 10.7. The van der Waals surface area contributed by atoms with Crippen molar-refractivity contribution in [1.82, 2.24) is 0 Å². The van der Waals surface area contributed by atoms with Crippen LogP contribution in [-0.2, 0) is 19.1 Å². The van der Waals surface area contributed by atoms with Crippen molar-refractivity contribution in [3.8, 4) is 0 Å². The second kappa shape index (κ2) is 64.0. The first-order valence-corrected chi connectivity index (χ1v) is 30.0. The Morgan fingerprint density at radius 3 is 0.829 bits per heavy atom. The van der Waals surface area contributed by atoms with Gasteiger partial charge in [-0.05, 0) is 135 Å². The topological polar surface area (TPSA) is 72.8 Å². The Balaban J connectivity index is 3.65. The van der Waals surface area contributed by atoms with Crippen LogP contribution < -0.4 is 0 Å². The molecule has 0 aromatic rings. The quantitative estimate of drug-likeness (QED) is 0.0373. The maximum absolute atomic E-state index is 12.3. The number of unbranched alkanes of at least 4 members (excludes halogenated alkanes) is 12. The van der Waals surface area contributed by atoms with Gasteiger partial charge in [0.05, 0.1) is 6.61 Å². The Hall–Kier alpha value is -5.26. The number of esters is 2. The van der Waals surface area contributed by atoms with Crippen LogP contribution in [0.1, 0.15) is 219 Å². The predicted molar refractivity (Wildman–Crippen MR) is 333 cm³/mol. The van der Waals surface area contributed by atoms with Crippen LogP contribution in [0.5, 0.6) is 0 Å². The maximum Gasteiger partial charge on any atom is 0.306 e. The van der Waals surface area contributed by atoms with E-state index in [0.29, 0.717) is 19.3 Å². The fraction of sp³-hybridized carbons (Fsp3) is 0.521. The van der Waals surface area contributed by atoms with Gasteiger partial charge >= 0.3 is 11.9 Å². The summed E-state index contributed by atoms with van der Waals surface area (Å²) in [7, 11) is 0. The molecule has 0 amide bonds. The van der Waals surface area contributed by atoms with Crippen LogP contribution in [-0.4, -0.2) is 36.4 Å². The second-order valence-corrected chi connectivity index (χ2v) is 19.0. The van der Waals surface area contributed by atoms with E-state index >= 15 is 0 Å². The molecule has 5 heteroatoms. The summed E-state index contributed by atoms with van der Waals surface area (Å²) in [6, 6.07) is 0. The molecule has 0 aliphatic rings. The first-order valence-electron chi connectivity index (χ1n) is 30.0. The zero-order valence-electron chi connectivity index (χ0n) is 48.2. The summed E-state index contributed by atoms with van der Waals surface area (Å²) in [5, 5.41) is 9.66. The van der Waals surface area contributed by atoms with Gasteiger partial charge in [-0.25, -0.2) is 0 Å². The molecule has 5 nitrogen and oxygen atoms in total. The summed E-state index contributed by atoms with van der Waals surface area (Å²) in [4.78, 5) is 24.5. The minimum atomic E-state index is -0.814. The molecule has 0 heterocycles. The number of hydrogen-bond donors (Lipinski definition) is 1. The lowest BCUT2D eigenvalue weighted by Crippen LogP contribution is -2.28. The van der Waals surface area contributed by atoms with Crippen molar-refractivity contribution < 1.29 is 24.2 Å². The lowest BCUT2D eigenvalue weighted by atomic mass is 10.0. The largest absolute Gasteiger partial charge is 0.462 e. The van der Waals surface area contributed by atoms with Gasteiger partial charge in [0.25, 0.3) is 0 Å². The van der Waals surface area contributed by atoms with Crippen LogP contribution in [0, 0.1) is 0 Å². The third kappa shape index (κ3) is 61.3. The smallest absolute Gasteiger partial charge is 0.306 e. The molecule has 0 radical (unpaired) electrons. The summed E-state index contributed by atoms with van der Waals surface area (Å²) in [5.41, 5.74) is 0. The number of aliphatic hydroxyl groups excluding tert-OH is 1. The monoisotopic (exact) mass is 1040 g/mol. The van der Waals surface area contributed by atoms with Crippen molar-refractivity contribution in [3.05, 3.63) is 194 Å². The molecule has 0 aliphatic heterocycles. The van der Waals surface area contributed by atoms with Crippen LogP contribution in [0.25, 0.3) is 0 Å². The van der Waals surface area contributed by atoms with E-state index in [2.05, 4.69) is 208 Å². The van der Waals surface area contributed by atoms with Crippen LogP contribution >= 0.6 is 0 Å². The van der Waals surface area contributed by atoms with Gasteiger partial charge in [0.2, 0.25) is 0 Å². The van der Waals surface area contributed by atoms with E-state index in [1.165, 1.54) is 57.8 Å². The SMILES string of the molecule is CC/C=C\C/C=C\C/C=C\C/C=C\C/C=C\C/C=C\C/C=C\C/C=C\C/C=C\CCCCCCCCCCCCCC(=O)OC(CO)COC(=O)CCC/C=C\C/C=C\C/C=C\C/C=C\C/C=C\C/C=C\C/C=C\CC. The van der Waals surface area contributed by atoms with E-state index in [9.17, 15) is 14.7 Å². The molecule has 0 spiro atoms. The zero-order valence-corrected chi connectivity index (χ0v) is 48.2. The van der Waals surface area contributed by atoms with E-state index in [-0.39, 0.29) is 25.2 Å². The minimum Gasteiger partial charge on any atom is -0.462 e. The number of aliphatic hydroxyl groups is 1. The third-order valence-electron chi connectivity index (χ3n) is 11.9. The second-order valence-electron chi connectivity index (χ2n) is 19.0. The van der Waals surface area contributed by atoms with Crippen LogP contribution in [0.3, 0.4) is 0 Å². The molecule has 0 saturated carbocycles. The highest BCUT2D eigenvalue weighted by atomic mass is 16.6. The summed E-state index contributed by atoms with van der Waals surface area (Å²) in [6.45, 7) is 3.85. The number of rotatable bonds is 52. The van der Waals surface area contributed by atoms with Gasteiger partial charge in [0.15, 0.2) is 6.10 Å². The molecule has 1 N–H and O–H groups in total. The van der Waals surface area contributed by atoms with E-state index in [1.54, 1.807) is 0 Å². The molecule has 1 atom stereocenters. The molecule has 0 saturated heterocycles. The minimum absolute atomic E-state index is 0.110. The Kier molecular flexibility index (Phi) is 59.6. The molecular formula is C71H108O5. The van der Waals surface area contributed by atoms with Crippen LogP contribution in [0.15, 0.2) is 194 Å². The van der Waals surface area contributed by atoms with Gasteiger partial charge in [-0.3, -0.25) is 9.59 Å². The molecule has 76 heavy (non-hydrogen) atoms. The van der Waals surface area contributed by atoms with Gasteiger partial charge in [0.1, 0.15) is 6.61 Å². The lowest BCUT2D eigenvalue weighted by molar-refractivity contribution is -0.161. The fourth-order valence-electron chi connectivity index (χ4n) is 7.48. The van der Waals surface area contributed by atoms with Crippen LogP contribution in [0.2, 0.25) is 0 Å². The van der Waals surface area contributed by atoms with E-state index in [0.717, 1.165) is 128 Å². The number of ether oxygens (including phenoxy) is 2. The number of carbonyl (C=O) groups excluding carboxylic acids is 2. The van der Waals surface area contributed by atoms with Gasteiger partial charge in [-0.15, -0.1) is 0 Å². The Morgan fingerprint density at radius 1 is 0.303 bits per heavy atom. The normalized spacial score (nSPS) is 13.7. The molecule has 0 aromatic heterocycles. The molecule has 1 unspecified atom stereocenters. The third-order valence-corrected chi connectivity index (χ3v) is 11.9.